The molecule has 4 heteroatoms. The van der Waals surface area contributed by atoms with Gasteiger partial charge < -0.3 is 15.1 Å². The molecule has 0 aromatic heterocycles. The molecule has 0 aliphatic heterocycles. The molecule has 108 valence electrons. The van der Waals surface area contributed by atoms with Gasteiger partial charge in [-0.15, -0.1) is 0 Å². The third-order valence-electron chi connectivity index (χ3n) is 3.20. The van der Waals surface area contributed by atoms with E-state index in [9.17, 15) is 4.39 Å². The van der Waals surface area contributed by atoms with Gasteiger partial charge in [0.05, 0.1) is 5.69 Å². The fourth-order valence-electron chi connectivity index (χ4n) is 2.44. The van der Waals surface area contributed by atoms with E-state index in [4.69, 9.17) is 0 Å². The largest absolute Gasteiger partial charge is 0.365 e. The van der Waals surface area contributed by atoms with Crippen LogP contribution in [0.2, 0.25) is 0 Å². The van der Waals surface area contributed by atoms with Crippen LogP contribution in [0.4, 0.5) is 10.1 Å². The van der Waals surface area contributed by atoms with Crippen LogP contribution in [0.5, 0.6) is 0 Å². The van der Waals surface area contributed by atoms with E-state index in [1.807, 2.05) is 33.3 Å². The molecule has 1 aromatic carbocycles. The number of anilines is 1. The van der Waals surface area contributed by atoms with Crippen molar-refractivity contribution in [1.82, 2.24) is 10.2 Å². The van der Waals surface area contributed by atoms with Crippen molar-refractivity contribution >= 4 is 5.69 Å². The fourth-order valence-corrected chi connectivity index (χ4v) is 2.44. The summed E-state index contributed by atoms with van der Waals surface area (Å²) < 4.78 is 14.2. The van der Waals surface area contributed by atoms with Crippen LogP contribution in [0.3, 0.4) is 0 Å². The second kappa shape index (κ2) is 7.46. The summed E-state index contributed by atoms with van der Waals surface area (Å²) in [4.78, 5) is 4.24. The summed E-state index contributed by atoms with van der Waals surface area (Å²) >= 11 is 0. The fraction of sp³-hybridized carbons (Fsp3) is 0.600. The van der Waals surface area contributed by atoms with E-state index in [1.165, 1.54) is 0 Å². The molecule has 1 atom stereocenters. The predicted octanol–water partition coefficient (Wildman–Crippen LogP) is 2.32. The van der Waals surface area contributed by atoms with Crippen molar-refractivity contribution in [2.24, 2.45) is 0 Å². The maximum Gasteiger partial charge on any atom is 0.146 e. The first-order chi connectivity index (χ1) is 8.99. The van der Waals surface area contributed by atoms with Crippen molar-refractivity contribution in [1.29, 1.82) is 0 Å². The van der Waals surface area contributed by atoms with Crippen molar-refractivity contribution in [2.75, 3.05) is 39.1 Å². The van der Waals surface area contributed by atoms with Gasteiger partial charge in [0.2, 0.25) is 0 Å². The number of benzene rings is 1. The van der Waals surface area contributed by atoms with E-state index in [-0.39, 0.29) is 11.9 Å². The van der Waals surface area contributed by atoms with E-state index >= 15 is 0 Å². The SMILES string of the molecule is CCN(c1ccc(CNC)cc1F)C(C)CN(C)C. The van der Waals surface area contributed by atoms with Gasteiger partial charge in [0, 0.05) is 25.7 Å². The molecule has 1 unspecified atom stereocenters. The molecule has 19 heavy (non-hydrogen) atoms. The molecule has 1 rings (SSSR count). The molecule has 1 N–H and O–H groups in total. The molecule has 0 spiro atoms. The maximum atomic E-state index is 14.2. The molecule has 0 bridgehead atoms. The van der Waals surface area contributed by atoms with Gasteiger partial charge in [0.25, 0.3) is 0 Å². The summed E-state index contributed by atoms with van der Waals surface area (Å²) in [7, 11) is 5.94. The summed E-state index contributed by atoms with van der Waals surface area (Å²) in [5.74, 6) is -0.139. The van der Waals surface area contributed by atoms with Crippen LogP contribution in [0.25, 0.3) is 0 Å². The number of rotatable bonds is 7. The highest BCUT2D eigenvalue weighted by atomic mass is 19.1. The lowest BCUT2D eigenvalue weighted by molar-refractivity contribution is 0.371. The molecule has 0 radical (unpaired) electrons. The van der Waals surface area contributed by atoms with Gasteiger partial charge in [-0.2, -0.15) is 0 Å². The Labute approximate surface area is 116 Å². The number of likely N-dealkylation sites (N-methyl/N-ethyl adjacent to an activating group) is 2. The molecule has 0 saturated carbocycles. The Morgan fingerprint density at radius 1 is 1.32 bits per heavy atom. The first-order valence-electron chi connectivity index (χ1n) is 6.84. The Kier molecular flexibility index (Phi) is 6.25. The van der Waals surface area contributed by atoms with Gasteiger partial charge in [-0.05, 0) is 52.7 Å². The Balaban J connectivity index is 2.92. The van der Waals surface area contributed by atoms with Crippen molar-refractivity contribution in [3.8, 4) is 0 Å². The second-order valence-corrected chi connectivity index (χ2v) is 5.21. The van der Waals surface area contributed by atoms with Gasteiger partial charge in [-0.25, -0.2) is 4.39 Å². The average Bonchev–Trinajstić information content (AvgIpc) is 2.32. The van der Waals surface area contributed by atoms with Crippen molar-refractivity contribution < 1.29 is 4.39 Å². The van der Waals surface area contributed by atoms with E-state index in [0.717, 1.165) is 18.7 Å². The average molecular weight is 267 g/mol. The molecule has 0 heterocycles. The Morgan fingerprint density at radius 3 is 2.47 bits per heavy atom. The molecule has 0 aliphatic carbocycles. The smallest absolute Gasteiger partial charge is 0.146 e. The Morgan fingerprint density at radius 2 is 2.00 bits per heavy atom. The summed E-state index contributed by atoms with van der Waals surface area (Å²) in [6.45, 7) is 6.59. The van der Waals surface area contributed by atoms with Crippen molar-refractivity contribution in [2.45, 2.75) is 26.4 Å². The zero-order valence-electron chi connectivity index (χ0n) is 12.7. The van der Waals surface area contributed by atoms with Crippen LogP contribution < -0.4 is 10.2 Å². The molecule has 3 nitrogen and oxygen atoms in total. The van der Waals surface area contributed by atoms with Gasteiger partial charge in [0.15, 0.2) is 0 Å². The maximum absolute atomic E-state index is 14.2. The third-order valence-corrected chi connectivity index (χ3v) is 3.20. The van der Waals surface area contributed by atoms with Gasteiger partial charge in [-0.3, -0.25) is 0 Å². The number of hydrogen-bond acceptors (Lipinski definition) is 3. The van der Waals surface area contributed by atoms with Crippen molar-refractivity contribution in [3.05, 3.63) is 29.6 Å². The van der Waals surface area contributed by atoms with Crippen LogP contribution >= 0.6 is 0 Å². The first kappa shape index (κ1) is 15.9. The molecule has 0 amide bonds. The minimum atomic E-state index is -0.139. The zero-order chi connectivity index (χ0) is 14.4. The lowest BCUT2D eigenvalue weighted by Gasteiger charge is -2.32. The summed E-state index contributed by atoms with van der Waals surface area (Å²) in [5.41, 5.74) is 1.66. The van der Waals surface area contributed by atoms with Crippen LogP contribution in [-0.4, -0.2) is 45.2 Å². The summed E-state index contributed by atoms with van der Waals surface area (Å²) in [6, 6.07) is 5.78. The number of halogens is 1. The number of nitrogens with one attached hydrogen (secondary N) is 1. The third kappa shape index (κ3) is 4.48. The van der Waals surface area contributed by atoms with E-state index < -0.39 is 0 Å². The van der Waals surface area contributed by atoms with Crippen LogP contribution in [0, 0.1) is 5.82 Å². The van der Waals surface area contributed by atoms with E-state index in [2.05, 4.69) is 29.0 Å². The highest BCUT2D eigenvalue weighted by Crippen LogP contribution is 2.22. The predicted molar refractivity (Wildman–Crippen MR) is 80.2 cm³/mol. The molecule has 0 fully saturated rings. The topological polar surface area (TPSA) is 18.5 Å². The molecular weight excluding hydrogens is 241 g/mol. The normalized spacial score (nSPS) is 12.8. The minimum Gasteiger partial charge on any atom is -0.365 e. The standard InChI is InChI=1S/C15H26FN3/c1-6-19(12(2)11-18(4)5)15-8-7-13(10-17-3)9-14(15)16/h7-9,12,17H,6,10-11H2,1-5H3. The number of hydrogen-bond donors (Lipinski definition) is 1. The molecule has 0 saturated heterocycles. The molecule has 0 aliphatic rings. The summed E-state index contributed by atoms with van der Waals surface area (Å²) in [5, 5.41) is 3.04. The van der Waals surface area contributed by atoms with Crippen molar-refractivity contribution in [3.63, 3.8) is 0 Å². The Hall–Kier alpha value is -1.13. The molecule has 1 aromatic rings. The van der Waals surface area contributed by atoms with Gasteiger partial charge in [-0.1, -0.05) is 6.07 Å². The lowest BCUT2D eigenvalue weighted by Crippen LogP contribution is -2.40. The van der Waals surface area contributed by atoms with Crippen LogP contribution in [-0.2, 0) is 6.54 Å². The van der Waals surface area contributed by atoms with Crippen LogP contribution in [0.1, 0.15) is 19.4 Å². The zero-order valence-corrected chi connectivity index (χ0v) is 12.7. The number of nitrogens with zero attached hydrogens (tertiary/aromatic N) is 2. The van der Waals surface area contributed by atoms with Gasteiger partial charge >= 0.3 is 0 Å². The summed E-state index contributed by atoms with van der Waals surface area (Å²) in [6.07, 6.45) is 0. The van der Waals surface area contributed by atoms with Crippen LogP contribution in [0.15, 0.2) is 18.2 Å². The quantitative estimate of drug-likeness (QED) is 0.818. The highest BCUT2D eigenvalue weighted by Gasteiger charge is 2.17. The van der Waals surface area contributed by atoms with Gasteiger partial charge in [0.1, 0.15) is 5.82 Å². The minimum absolute atomic E-state index is 0.139. The van der Waals surface area contributed by atoms with E-state index in [0.29, 0.717) is 12.2 Å². The second-order valence-electron chi connectivity index (χ2n) is 5.21. The highest BCUT2D eigenvalue weighted by molar-refractivity contribution is 5.50. The Bertz CT molecular complexity index is 393. The monoisotopic (exact) mass is 267 g/mol. The van der Waals surface area contributed by atoms with E-state index in [1.54, 1.807) is 6.07 Å². The lowest BCUT2D eigenvalue weighted by atomic mass is 10.1. The first-order valence-corrected chi connectivity index (χ1v) is 6.84. The molecular formula is C15H26FN3.